The maximum atomic E-state index is 13.4. The molecule has 0 aromatic heterocycles. The van der Waals surface area contributed by atoms with Crippen molar-refractivity contribution in [2.24, 2.45) is 0 Å². The number of halogens is 4. The zero-order valence-electron chi connectivity index (χ0n) is 17.4. The van der Waals surface area contributed by atoms with E-state index in [2.05, 4.69) is 5.32 Å². The molecule has 2 N–H and O–H groups in total. The van der Waals surface area contributed by atoms with Crippen LogP contribution >= 0.6 is 0 Å². The van der Waals surface area contributed by atoms with Gasteiger partial charge >= 0.3 is 12.1 Å². The van der Waals surface area contributed by atoms with Crippen LogP contribution in [0.25, 0.3) is 0 Å². The van der Waals surface area contributed by atoms with Crippen LogP contribution < -0.4 is 10.1 Å². The van der Waals surface area contributed by atoms with Crippen LogP contribution in [0.2, 0.25) is 0 Å². The minimum atomic E-state index is -4.70. The highest BCUT2D eigenvalue weighted by molar-refractivity contribution is 5.80. The zero-order valence-corrected chi connectivity index (χ0v) is 17.4. The lowest BCUT2D eigenvalue weighted by Gasteiger charge is -2.16. The van der Waals surface area contributed by atoms with Crippen LogP contribution in [-0.4, -0.2) is 35.8 Å². The number of alkyl halides is 3. The highest BCUT2D eigenvalue weighted by atomic mass is 19.4. The summed E-state index contributed by atoms with van der Waals surface area (Å²) in [4.78, 5) is 23.4. The van der Waals surface area contributed by atoms with Gasteiger partial charge in [-0.3, -0.25) is 4.79 Å². The molecular weight excluding hydrogens is 434 g/mol. The van der Waals surface area contributed by atoms with E-state index < -0.39 is 41.6 Å². The number of ether oxygens (including phenoxy) is 2. The molecule has 0 aliphatic rings. The van der Waals surface area contributed by atoms with E-state index in [0.29, 0.717) is 17.4 Å². The minimum Gasteiger partial charge on any atom is -0.481 e. The topological polar surface area (TPSA) is 84.9 Å². The quantitative estimate of drug-likeness (QED) is 0.528. The van der Waals surface area contributed by atoms with E-state index in [1.165, 1.54) is 6.92 Å². The zero-order chi connectivity index (χ0) is 23.9. The Morgan fingerprint density at radius 2 is 1.75 bits per heavy atom. The third-order valence-electron chi connectivity index (χ3n) is 4.42. The van der Waals surface area contributed by atoms with E-state index in [9.17, 15) is 27.2 Å². The van der Waals surface area contributed by atoms with Crippen molar-refractivity contribution < 1.29 is 41.7 Å². The van der Waals surface area contributed by atoms with Crippen LogP contribution in [0.15, 0.2) is 42.5 Å². The molecule has 2 aromatic carbocycles. The summed E-state index contributed by atoms with van der Waals surface area (Å²) < 4.78 is 62.5. The lowest BCUT2D eigenvalue weighted by molar-refractivity contribution is -0.150. The van der Waals surface area contributed by atoms with Gasteiger partial charge in [-0.2, -0.15) is 13.2 Å². The van der Waals surface area contributed by atoms with Gasteiger partial charge in [0.05, 0.1) is 5.56 Å². The molecule has 0 radical (unpaired) electrons. The monoisotopic (exact) mass is 457 g/mol. The fraction of sp³-hybridized carbons (Fsp3) is 0.364. The SMILES string of the molecule is CCOC(Cc1ccc(O[C@@H](C)C(=O)NCc2cc(F)cc(C(F)(F)F)c2)cc1)C(=O)O. The number of amides is 1. The van der Waals surface area contributed by atoms with Crippen molar-refractivity contribution in [3.05, 3.63) is 65.0 Å². The Labute approximate surface area is 182 Å². The molecule has 0 spiro atoms. The standard InChI is InChI=1S/C22H23F4NO5/c1-3-31-19(21(29)30)10-14-4-6-18(7-5-14)32-13(2)20(28)27-12-15-8-16(22(24,25)26)11-17(23)9-15/h4-9,11,13,19H,3,10,12H2,1-2H3,(H,27,28)(H,29,30)/t13-,19?/m0/s1. The maximum Gasteiger partial charge on any atom is 0.416 e. The number of carboxylic acid groups (broad SMARTS) is 1. The summed E-state index contributed by atoms with van der Waals surface area (Å²) in [6.45, 7) is 3.10. The molecule has 1 unspecified atom stereocenters. The first-order valence-corrected chi connectivity index (χ1v) is 9.74. The highest BCUT2D eigenvalue weighted by Crippen LogP contribution is 2.30. The Kier molecular flexibility index (Phi) is 8.59. The van der Waals surface area contributed by atoms with E-state index in [1.807, 2.05) is 0 Å². The summed E-state index contributed by atoms with van der Waals surface area (Å²) >= 11 is 0. The van der Waals surface area contributed by atoms with E-state index in [0.717, 1.165) is 12.1 Å². The number of carboxylic acids is 1. The molecule has 1 amide bonds. The van der Waals surface area contributed by atoms with Crippen LogP contribution in [0.1, 0.15) is 30.5 Å². The van der Waals surface area contributed by atoms with E-state index in [4.69, 9.17) is 14.6 Å². The number of aliphatic carboxylic acids is 1. The Bertz CT molecular complexity index is 931. The molecule has 32 heavy (non-hydrogen) atoms. The van der Waals surface area contributed by atoms with Crippen molar-refractivity contribution in [1.82, 2.24) is 5.32 Å². The van der Waals surface area contributed by atoms with Gasteiger partial charge in [0, 0.05) is 19.6 Å². The number of benzene rings is 2. The van der Waals surface area contributed by atoms with Crippen molar-refractivity contribution in [3.8, 4) is 5.75 Å². The lowest BCUT2D eigenvalue weighted by atomic mass is 10.1. The molecular formula is C22H23F4NO5. The van der Waals surface area contributed by atoms with Crippen molar-refractivity contribution >= 4 is 11.9 Å². The molecule has 6 nitrogen and oxygen atoms in total. The third kappa shape index (κ3) is 7.52. The van der Waals surface area contributed by atoms with E-state index >= 15 is 0 Å². The molecule has 10 heteroatoms. The average Bonchev–Trinajstić information content (AvgIpc) is 2.71. The first-order valence-electron chi connectivity index (χ1n) is 9.74. The van der Waals surface area contributed by atoms with Crippen LogP contribution in [0.5, 0.6) is 5.75 Å². The van der Waals surface area contributed by atoms with Gasteiger partial charge in [-0.15, -0.1) is 0 Å². The first-order chi connectivity index (χ1) is 15.0. The molecule has 174 valence electrons. The summed E-state index contributed by atoms with van der Waals surface area (Å²) in [5, 5.41) is 11.5. The van der Waals surface area contributed by atoms with Gasteiger partial charge in [-0.1, -0.05) is 12.1 Å². The van der Waals surface area contributed by atoms with Gasteiger partial charge in [0.1, 0.15) is 11.6 Å². The second-order valence-corrected chi connectivity index (χ2v) is 6.95. The molecule has 2 atom stereocenters. The number of hydrogen-bond donors (Lipinski definition) is 2. The third-order valence-corrected chi connectivity index (χ3v) is 4.42. The average molecular weight is 457 g/mol. The molecule has 0 fully saturated rings. The molecule has 0 aliphatic carbocycles. The minimum absolute atomic E-state index is 0.0375. The molecule has 0 aliphatic heterocycles. The first kappa shape index (κ1) is 25.1. The van der Waals surface area contributed by atoms with Gasteiger partial charge in [-0.05, 0) is 55.3 Å². The fourth-order valence-electron chi connectivity index (χ4n) is 2.84. The van der Waals surface area contributed by atoms with Crippen LogP contribution in [0.4, 0.5) is 17.6 Å². The highest BCUT2D eigenvalue weighted by Gasteiger charge is 2.31. The molecule has 0 saturated carbocycles. The Morgan fingerprint density at radius 1 is 1.09 bits per heavy atom. The molecule has 2 aromatic rings. The van der Waals surface area contributed by atoms with Crippen molar-refractivity contribution in [1.29, 1.82) is 0 Å². The van der Waals surface area contributed by atoms with Crippen molar-refractivity contribution in [2.75, 3.05) is 6.61 Å². The van der Waals surface area contributed by atoms with Crippen LogP contribution in [-0.2, 0) is 33.5 Å². The Morgan fingerprint density at radius 3 is 2.31 bits per heavy atom. The fourth-order valence-corrected chi connectivity index (χ4v) is 2.84. The van der Waals surface area contributed by atoms with Crippen molar-refractivity contribution in [3.63, 3.8) is 0 Å². The number of carbonyl (C=O) groups is 2. The van der Waals surface area contributed by atoms with Crippen molar-refractivity contribution in [2.45, 2.75) is 45.2 Å². The van der Waals surface area contributed by atoms with Gasteiger partial charge in [0.25, 0.3) is 5.91 Å². The van der Waals surface area contributed by atoms with Gasteiger partial charge in [-0.25, -0.2) is 9.18 Å². The van der Waals surface area contributed by atoms with Gasteiger partial charge in [0.15, 0.2) is 12.2 Å². The molecule has 0 bridgehead atoms. The summed E-state index contributed by atoms with van der Waals surface area (Å²) in [7, 11) is 0. The Hall–Kier alpha value is -3.14. The summed E-state index contributed by atoms with van der Waals surface area (Å²) in [5.74, 6) is -2.39. The molecule has 2 rings (SSSR count). The maximum absolute atomic E-state index is 13.4. The number of nitrogens with one attached hydrogen (secondary N) is 1. The Balaban J connectivity index is 1.93. The van der Waals surface area contributed by atoms with Crippen LogP contribution in [0, 0.1) is 5.82 Å². The molecule has 0 saturated heterocycles. The van der Waals surface area contributed by atoms with Crippen LogP contribution in [0.3, 0.4) is 0 Å². The second kappa shape index (κ2) is 10.9. The summed E-state index contributed by atoms with van der Waals surface area (Å²) in [5.41, 5.74) is -0.480. The van der Waals surface area contributed by atoms with Gasteiger partial charge < -0.3 is 19.9 Å². The second-order valence-electron chi connectivity index (χ2n) is 6.95. The van der Waals surface area contributed by atoms with E-state index in [1.54, 1.807) is 31.2 Å². The predicted molar refractivity (Wildman–Crippen MR) is 107 cm³/mol. The predicted octanol–water partition coefficient (Wildman–Crippen LogP) is 3.96. The van der Waals surface area contributed by atoms with E-state index in [-0.39, 0.29) is 25.1 Å². The molecule has 0 heterocycles. The smallest absolute Gasteiger partial charge is 0.416 e. The number of rotatable bonds is 10. The summed E-state index contributed by atoms with van der Waals surface area (Å²) in [6.07, 6.45) is -6.49. The number of hydrogen-bond acceptors (Lipinski definition) is 4. The largest absolute Gasteiger partial charge is 0.481 e. The normalized spacial score (nSPS) is 13.3. The van der Waals surface area contributed by atoms with Gasteiger partial charge in [0.2, 0.25) is 0 Å². The lowest BCUT2D eigenvalue weighted by Crippen LogP contribution is -2.36. The summed E-state index contributed by atoms with van der Waals surface area (Å²) in [6, 6.07) is 8.46. The number of carbonyl (C=O) groups excluding carboxylic acids is 1.